The van der Waals surface area contributed by atoms with Gasteiger partial charge in [-0.3, -0.25) is 0 Å². The first-order valence-electron chi connectivity index (χ1n) is 9.04. The predicted octanol–water partition coefficient (Wildman–Crippen LogP) is 4.57. The summed E-state index contributed by atoms with van der Waals surface area (Å²) in [6, 6.07) is 18.1. The fourth-order valence-electron chi connectivity index (χ4n) is 4.65. The Labute approximate surface area is 145 Å². The Morgan fingerprint density at radius 1 is 0.917 bits per heavy atom. The van der Waals surface area contributed by atoms with E-state index < -0.39 is 0 Å². The first kappa shape index (κ1) is 15.4. The SMILES string of the molecule is C=CCC1(C2=CCNCC2)c2ccccc2CCc2ccccc21. The molecule has 0 atom stereocenters. The quantitative estimate of drug-likeness (QED) is 0.818. The van der Waals surface area contributed by atoms with Crippen LogP contribution in [0.3, 0.4) is 0 Å². The summed E-state index contributed by atoms with van der Waals surface area (Å²) in [4.78, 5) is 0. The molecule has 1 aliphatic heterocycles. The first-order valence-corrected chi connectivity index (χ1v) is 9.04. The van der Waals surface area contributed by atoms with Crippen LogP contribution in [-0.2, 0) is 18.3 Å². The van der Waals surface area contributed by atoms with Crippen molar-refractivity contribution in [2.24, 2.45) is 0 Å². The second-order valence-corrected chi connectivity index (χ2v) is 6.90. The van der Waals surface area contributed by atoms with Crippen LogP contribution in [0.4, 0.5) is 0 Å². The molecule has 1 N–H and O–H groups in total. The van der Waals surface area contributed by atoms with Crippen LogP contribution in [0.15, 0.2) is 72.8 Å². The molecule has 1 nitrogen and oxygen atoms in total. The Morgan fingerprint density at radius 2 is 1.54 bits per heavy atom. The Hall–Kier alpha value is -2.12. The molecule has 1 heterocycles. The molecule has 2 aromatic carbocycles. The lowest BCUT2D eigenvalue weighted by Crippen LogP contribution is -2.35. The monoisotopic (exact) mass is 315 g/mol. The highest BCUT2D eigenvalue weighted by molar-refractivity contribution is 5.57. The molecule has 0 fully saturated rings. The van der Waals surface area contributed by atoms with E-state index in [0.29, 0.717) is 0 Å². The molecule has 0 radical (unpaired) electrons. The molecule has 0 saturated heterocycles. The molecule has 0 saturated carbocycles. The van der Waals surface area contributed by atoms with Crippen LogP contribution in [-0.4, -0.2) is 13.1 Å². The van der Waals surface area contributed by atoms with Crippen molar-refractivity contribution in [2.75, 3.05) is 13.1 Å². The highest BCUT2D eigenvalue weighted by Gasteiger charge is 2.41. The van der Waals surface area contributed by atoms with E-state index in [1.54, 1.807) is 5.57 Å². The largest absolute Gasteiger partial charge is 0.313 e. The van der Waals surface area contributed by atoms with Gasteiger partial charge in [0.05, 0.1) is 0 Å². The summed E-state index contributed by atoms with van der Waals surface area (Å²) in [5, 5.41) is 3.47. The molecule has 1 heteroatoms. The summed E-state index contributed by atoms with van der Waals surface area (Å²) in [7, 11) is 0. The molecule has 122 valence electrons. The van der Waals surface area contributed by atoms with Crippen LogP contribution < -0.4 is 5.32 Å². The number of benzene rings is 2. The maximum Gasteiger partial charge on any atom is 0.0451 e. The molecule has 2 aliphatic rings. The third-order valence-electron chi connectivity index (χ3n) is 5.68. The molecule has 24 heavy (non-hydrogen) atoms. The second kappa shape index (κ2) is 6.41. The van der Waals surface area contributed by atoms with Gasteiger partial charge in [0.2, 0.25) is 0 Å². The predicted molar refractivity (Wildman–Crippen MR) is 101 cm³/mol. The maximum atomic E-state index is 4.13. The van der Waals surface area contributed by atoms with Crippen LogP contribution in [0.25, 0.3) is 0 Å². The van der Waals surface area contributed by atoms with Gasteiger partial charge in [-0.1, -0.05) is 66.3 Å². The average molecular weight is 315 g/mol. The van der Waals surface area contributed by atoms with Crippen LogP contribution in [0, 0.1) is 0 Å². The van der Waals surface area contributed by atoms with Crippen molar-refractivity contribution < 1.29 is 0 Å². The topological polar surface area (TPSA) is 12.0 Å². The van der Waals surface area contributed by atoms with E-state index in [-0.39, 0.29) is 5.41 Å². The number of hydrogen-bond acceptors (Lipinski definition) is 1. The van der Waals surface area contributed by atoms with Gasteiger partial charge in [0, 0.05) is 12.0 Å². The van der Waals surface area contributed by atoms with Crippen LogP contribution >= 0.6 is 0 Å². The molecular formula is C23H25N. The van der Waals surface area contributed by atoms with Crippen LogP contribution in [0.1, 0.15) is 35.1 Å². The van der Waals surface area contributed by atoms with Gasteiger partial charge < -0.3 is 5.32 Å². The first-order chi connectivity index (χ1) is 11.9. The molecule has 0 unspecified atom stereocenters. The molecule has 0 amide bonds. The minimum Gasteiger partial charge on any atom is -0.313 e. The van der Waals surface area contributed by atoms with E-state index in [1.807, 2.05) is 0 Å². The molecule has 2 aromatic rings. The van der Waals surface area contributed by atoms with Gasteiger partial charge in [-0.05, 0) is 54.5 Å². The van der Waals surface area contributed by atoms with E-state index >= 15 is 0 Å². The van der Waals surface area contributed by atoms with Gasteiger partial charge in [0.15, 0.2) is 0 Å². The summed E-state index contributed by atoms with van der Waals surface area (Å²) in [5.41, 5.74) is 7.48. The maximum absolute atomic E-state index is 4.13. The zero-order valence-electron chi connectivity index (χ0n) is 14.2. The Morgan fingerprint density at radius 3 is 2.08 bits per heavy atom. The fourth-order valence-corrected chi connectivity index (χ4v) is 4.65. The van der Waals surface area contributed by atoms with Crippen molar-refractivity contribution in [3.05, 3.63) is 95.1 Å². The lowest BCUT2D eigenvalue weighted by Gasteiger charge is -2.40. The zero-order chi connectivity index (χ0) is 16.4. The third-order valence-corrected chi connectivity index (χ3v) is 5.68. The minimum absolute atomic E-state index is 0.0481. The number of fused-ring (bicyclic) bond motifs is 2. The lowest BCUT2D eigenvalue weighted by molar-refractivity contribution is 0.547. The molecule has 0 spiro atoms. The van der Waals surface area contributed by atoms with Crippen molar-refractivity contribution in [1.29, 1.82) is 0 Å². The summed E-state index contributed by atoms with van der Waals surface area (Å²) < 4.78 is 0. The molecule has 0 aromatic heterocycles. The summed E-state index contributed by atoms with van der Waals surface area (Å²) in [6.07, 6.45) is 8.85. The van der Waals surface area contributed by atoms with Crippen molar-refractivity contribution in [1.82, 2.24) is 5.32 Å². The fraction of sp³-hybridized carbons (Fsp3) is 0.304. The molecule has 4 rings (SSSR count). The van der Waals surface area contributed by atoms with Gasteiger partial charge in [0.1, 0.15) is 0 Å². The van der Waals surface area contributed by atoms with Crippen molar-refractivity contribution in [3.63, 3.8) is 0 Å². The van der Waals surface area contributed by atoms with Gasteiger partial charge in [0.25, 0.3) is 0 Å². The number of hydrogen-bond donors (Lipinski definition) is 1. The van der Waals surface area contributed by atoms with E-state index in [2.05, 4.69) is 72.6 Å². The lowest BCUT2D eigenvalue weighted by atomic mass is 9.64. The summed E-state index contributed by atoms with van der Waals surface area (Å²) in [6.45, 7) is 6.16. The summed E-state index contributed by atoms with van der Waals surface area (Å²) >= 11 is 0. The molecular weight excluding hydrogens is 290 g/mol. The molecule has 0 bridgehead atoms. The van der Waals surface area contributed by atoms with E-state index in [9.17, 15) is 0 Å². The normalized spacial score (nSPS) is 18.8. The third kappa shape index (κ3) is 2.35. The van der Waals surface area contributed by atoms with Crippen molar-refractivity contribution in [2.45, 2.75) is 31.1 Å². The number of rotatable bonds is 3. The highest BCUT2D eigenvalue weighted by Crippen LogP contribution is 2.48. The smallest absolute Gasteiger partial charge is 0.0451 e. The average Bonchev–Trinajstić information content (AvgIpc) is 2.79. The van der Waals surface area contributed by atoms with Gasteiger partial charge in [-0.25, -0.2) is 0 Å². The minimum atomic E-state index is -0.0481. The Bertz CT molecular complexity index is 737. The van der Waals surface area contributed by atoms with E-state index in [0.717, 1.165) is 38.8 Å². The van der Waals surface area contributed by atoms with E-state index in [1.165, 1.54) is 22.3 Å². The van der Waals surface area contributed by atoms with Crippen molar-refractivity contribution in [3.8, 4) is 0 Å². The standard InChI is InChI=1S/C23H25N/c1-2-15-23(20-13-16-24-17-14-20)21-9-5-3-7-18(21)11-12-19-8-4-6-10-22(19)23/h2-10,13,24H,1,11-12,14-17H2. The summed E-state index contributed by atoms with van der Waals surface area (Å²) in [5.74, 6) is 0. The highest BCUT2D eigenvalue weighted by atomic mass is 14.9. The zero-order valence-corrected chi connectivity index (χ0v) is 14.2. The van der Waals surface area contributed by atoms with E-state index in [4.69, 9.17) is 0 Å². The van der Waals surface area contributed by atoms with Crippen LogP contribution in [0.2, 0.25) is 0 Å². The van der Waals surface area contributed by atoms with Crippen LogP contribution in [0.5, 0.6) is 0 Å². The Kier molecular flexibility index (Phi) is 4.12. The second-order valence-electron chi connectivity index (χ2n) is 6.90. The number of allylic oxidation sites excluding steroid dienone is 1. The van der Waals surface area contributed by atoms with Gasteiger partial charge >= 0.3 is 0 Å². The number of nitrogens with one attached hydrogen (secondary N) is 1. The van der Waals surface area contributed by atoms with Gasteiger partial charge in [-0.2, -0.15) is 0 Å². The Balaban J connectivity index is 2.05. The molecule has 1 aliphatic carbocycles. The van der Waals surface area contributed by atoms with Gasteiger partial charge in [-0.15, -0.1) is 6.58 Å². The van der Waals surface area contributed by atoms with Crippen molar-refractivity contribution >= 4 is 0 Å². The number of aryl methyl sites for hydroxylation is 2.